The minimum absolute atomic E-state index is 0.0331. The van der Waals surface area contributed by atoms with Gasteiger partial charge in [-0.1, -0.05) is 0 Å². The van der Waals surface area contributed by atoms with Gasteiger partial charge in [-0.25, -0.2) is 9.59 Å². The highest BCUT2D eigenvalue weighted by Gasteiger charge is 2.64. The normalized spacial score (nSPS) is 21.7. The van der Waals surface area contributed by atoms with Gasteiger partial charge in [0.05, 0.1) is 30.9 Å². The Labute approximate surface area is 336 Å². The minimum Gasteiger partial charge on any atom is -0.508 e. The van der Waals surface area contributed by atoms with Crippen LogP contribution in [0.5, 0.6) is 11.5 Å². The molecule has 0 aliphatic heterocycles. The van der Waals surface area contributed by atoms with E-state index in [2.05, 4.69) is 5.32 Å². The van der Waals surface area contributed by atoms with Crippen LogP contribution < -0.4 is 26.5 Å². The summed E-state index contributed by atoms with van der Waals surface area (Å²) < 4.78 is 20.8. The van der Waals surface area contributed by atoms with Gasteiger partial charge >= 0.3 is 11.9 Å². The fourth-order valence-electron chi connectivity index (χ4n) is 8.34. The lowest BCUT2D eigenvalue weighted by Crippen LogP contribution is -2.65. The SMILES string of the molecule is COc1ccc(-c2oc(=O)oc2COC(=O)N(CC=O)CC(C)Nc2cc(N(C)C)c3c(c2O)C(O)=C2C(=O)[C@]4(O)C(O)=C(C(N)=O)C(=O)[C@@H](N(C)C)C4CC2C3)cc1. The standard InChI is InChI=1S/C40H45N5O14/c1-18(16-45(11-12-46)38(53)57-17-26-34(59-39(54)58-26)19-7-9-21(56-6)10-8-19)42-24-15-25(43(2)3)22-13-20-14-23-30(44(4)5)33(49)29(37(41)52)36(51)40(23,55)35(50)27(20)32(48)28(22)31(24)47/h7-10,12,15,18,20,23,30,42,47-48,51,55H,11,13-14,16-17H2,1-6H3,(H2,41,52)/t18?,20?,23?,30-,40-/m0/s1. The Morgan fingerprint density at radius 1 is 1.08 bits per heavy atom. The number of rotatable bonds is 13. The first-order valence-electron chi connectivity index (χ1n) is 18.5. The predicted molar refractivity (Wildman–Crippen MR) is 209 cm³/mol. The first-order chi connectivity index (χ1) is 27.8. The Morgan fingerprint density at radius 3 is 2.36 bits per heavy atom. The van der Waals surface area contributed by atoms with Crippen molar-refractivity contribution in [2.24, 2.45) is 17.6 Å². The summed E-state index contributed by atoms with van der Waals surface area (Å²) in [5.41, 5.74) is 2.74. The number of ether oxygens (including phenoxy) is 2. The average Bonchev–Trinajstić information content (AvgIpc) is 3.55. The Bertz CT molecular complexity index is 2340. The monoisotopic (exact) mass is 819 g/mol. The van der Waals surface area contributed by atoms with Crippen molar-refractivity contribution in [1.29, 1.82) is 0 Å². The summed E-state index contributed by atoms with van der Waals surface area (Å²) in [6.07, 6.45) is -0.467. The quantitative estimate of drug-likeness (QED) is 0.0816. The van der Waals surface area contributed by atoms with Crippen molar-refractivity contribution in [2.75, 3.05) is 58.6 Å². The Hall–Kier alpha value is -6.60. The largest absolute Gasteiger partial charge is 0.519 e. The van der Waals surface area contributed by atoms with Crippen molar-refractivity contribution < 1.29 is 62.7 Å². The average molecular weight is 820 g/mol. The third kappa shape index (κ3) is 7.26. The van der Waals surface area contributed by atoms with Crippen molar-refractivity contribution in [1.82, 2.24) is 9.80 Å². The number of phenols is 1. The number of methoxy groups -OCH3 is 1. The fraction of sp³-hybridized carbons (Fsp3) is 0.400. The van der Waals surface area contributed by atoms with E-state index in [9.17, 15) is 49.2 Å². The number of anilines is 2. The van der Waals surface area contributed by atoms with Gasteiger partial charge in [-0.05, 0) is 75.7 Å². The Balaban J connectivity index is 1.28. The van der Waals surface area contributed by atoms with Gasteiger partial charge in [0, 0.05) is 49.4 Å². The third-order valence-electron chi connectivity index (χ3n) is 11.0. The lowest BCUT2D eigenvalue weighted by atomic mass is 9.57. The molecule has 2 amide bonds. The fourth-order valence-corrected chi connectivity index (χ4v) is 8.34. The number of hydrogen-bond donors (Lipinski definition) is 6. The topological polar surface area (TPSA) is 276 Å². The molecule has 7 N–H and O–H groups in total. The van der Waals surface area contributed by atoms with E-state index >= 15 is 0 Å². The van der Waals surface area contributed by atoms with E-state index in [1.807, 2.05) is 0 Å². The number of likely N-dealkylation sites (N-methyl/N-ethyl adjacent to an activating group) is 1. The molecule has 1 heterocycles. The number of fused-ring (bicyclic) bond motifs is 3. The van der Waals surface area contributed by atoms with E-state index in [1.165, 1.54) is 26.1 Å². The maximum atomic E-state index is 14.3. The van der Waals surface area contributed by atoms with Crippen LogP contribution in [0.15, 0.2) is 60.9 Å². The Kier molecular flexibility index (Phi) is 11.4. The first kappa shape index (κ1) is 42.0. The lowest BCUT2D eigenvalue weighted by molar-refractivity contribution is -0.153. The number of amides is 2. The summed E-state index contributed by atoms with van der Waals surface area (Å²) in [5, 5.41) is 49.8. The second-order valence-corrected chi connectivity index (χ2v) is 15.1. The number of nitrogens with two attached hydrogens (primary N) is 1. The van der Waals surface area contributed by atoms with Gasteiger partial charge in [-0.15, -0.1) is 0 Å². The zero-order valence-corrected chi connectivity index (χ0v) is 33.1. The summed E-state index contributed by atoms with van der Waals surface area (Å²) in [6, 6.07) is 6.18. The number of primary amides is 1. The van der Waals surface area contributed by atoms with Gasteiger partial charge in [0.15, 0.2) is 29.5 Å². The molecular formula is C40H45N5O14. The summed E-state index contributed by atoms with van der Waals surface area (Å²) in [6.45, 7) is 0.563. The summed E-state index contributed by atoms with van der Waals surface area (Å²) >= 11 is 0. The molecule has 19 nitrogen and oxygen atoms in total. The number of phenolic OH excluding ortho intramolecular Hbond substituents is 1. The summed E-state index contributed by atoms with van der Waals surface area (Å²) in [4.78, 5) is 81.2. The molecule has 3 unspecified atom stereocenters. The minimum atomic E-state index is -2.80. The molecule has 5 atom stereocenters. The van der Waals surface area contributed by atoms with Gasteiger partial charge in [0.2, 0.25) is 5.78 Å². The molecule has 19 heteroatoms. The predicted octanol–water partition coefficient (Wildman–Crippen LogP) is 1.89. The van der Waals surface area contributed by atoms with Crippen LogP contribution in [0.3, 0.4) is 0 Å². The lowest BCUT2D eigenvalue weighted by Gasteiger charge is -2.50. The number of aliphatic hydroxyl groups excluding tert-OH is 2. The van der Waals surface area contributed by atoms with Crippen LogP contribution in [0.25, 0.3) is 17.1 Å². The smallest absolute Gasteiger partial charge is 0.508 e. The van der Waals surface area contributed by atoms with Crippen LogP contribution in [0.1, 0.15) is 30.2 Å². The number of Topliss-reactive ketones (excluding diaryl/α,β-unsaturated/α-hetero) is 2. The number of carbonyl (C=O) groups excluding carboxylic acids is 5. The van der Waals surface area contributed by atoms with E-state index in [4.69, 9.17) is 24.0 Å². The van der Waals surface area contributed by atoms with E-state index in [1.54, 1.807) is 56.3 Å². The van der Waals surface area contributed by atoms with Crippen molar-refractivity contribution >= 4 is 47.0 Å². The maximum absolute atomic E-state index is 14.3. The molecule has 0 radical (unpaired) electrons. The first-order valence-corrected chi connectivity index (χ1v) is 18.5. The Morgan fingerprint density at radius 2 is 1.76 bits per heavy atom. The highest BCUT2D eigenvalue weighted by molar-refractivity contribution is 6.24. The molecule has 59 heavy (non-hydrogen) atoms. The molecule has 3 aromatic rings. The van der Waals surface area contributed by atoms with Crippen molar-refractivity contribution in [3.05, 3.63) is 74.7 Å². The molecule has 314 valence electrons. The molecule has 2 aromatic carbocycles. The van der Waals surface area contributed by atoms with Crippen molar-refractivity contribution in [3.8, 4) is 22.8 Å². The number of nitrogens with one attached hydrogen (secondary N) is 1. The third-order valence-corrected chi connectivity index (χ3v) is 11.0. The highest BCUT2D eigenvalue weighted by Crippen LogP contribution is 2.54. The van der Waals surface area contributed by atoms with Crippen LogP contribution in [-0.4, -0.2) is 126 Å². The van der Waals surface area contributed by atoms with E-state index in [0.29, 0.717) is 28.8 Å². The molecule has 3 aliphatic carbocycles. The zero-order valence-electron chi connectivity index (χ0n) is 33.1. The molecule has 3 aliphatic rings. The van der Waals surface area contributed by atoms with Crippen LogP contribution in [0.2, 0.25) is 0 Å². The van der Waals surface area contributed by atoms with Crippen LogP contribution in [-0.2, 0) is 36.9 Å². The number of nitrogens with zero attached hydrogens (tertiary/aromatic N) is 3. The van der Waals surface area contributed by atoms with Gasteiger partial charge < -0.3 is 59.5 Å². The van der Waals surface area contributed by atoms with E-state index < -0.39 is 94.9 Å². The van der Waals surface area contributed by atoms with Crippen LogP contribution >= 0.6 is 0 Å². The van der Waals surface area contributed by atoms with E-state index in [0.717, 1.165) is 4.90 Å². The van der Waals surface area contributed by atoms with Crippen molar-refractivity contribution in [3.63, 3.8) is 0 Å². The molecule has 0 bridgehead atoms. The van der Waals surface area contributed by atoms with Gasteiger partial charge in [0.1, 0.15) is 34.9 Å². The number of ketones is 2. The molecule has 1 aromatic heterocycles. The molecule has 1 saturated carbocycles. The van der Waals surface area contributed by atoms with Gasteiger partial charge in [0.25, 0.3) is 5.91 Å². The van der Waals surface area contributed by atoms with Crippen LogP contribution in [0.4, 0.5) is 16.2 Å². The number of benzene rings is 2. The number of aliphatic hydroxyl groups is 3. The number of aldehydes is 1. The number of hydrogen-bond acceptors (Lipinski definition) is 17. The van der Waals surface area contributed by atoms with Gasteiger partial charge in [-0.2, -0.15) is 0 Å². The summed E-state index contributed by atoms with van der Waals surface area (Å²) in [7, 11) is 7.98. The maximum Gasteiger partial charge on any atom is 0.519 e. The molecule has 6 rings (SSSR count). The molecule has 0 saturated heterocycles. The number of aromatic hydroxyl groups is 1. The second-order valence-electron chi connectivity index (χ2n) is 15.1. The number of carbonyl (C=O) groups is 5. The van der Waals surface area contributed by atoms with Gasteiger partial charge in [-0.3, -0.25) is 24.2 Å². The van der Waals surface area contributed by atoms with E-state index in [-0.39, 0.29) is 47.7 Å². The molecular weight excluding hydrogens is 774 g/mol. The zero-order chi connectivity index (χ0) is 43.2. The molecule has 1 fully saturated rings. The second kappa shape index (κ2) is 16.0. The summed E-state index contributed by atoms with van der Waals surface area (Å²) in [5.74, 6) is -8.21. The van der Waals surface area contributed by atoms with Crippen LogP contribution in [0, 0.1) is 11.8 Å². The van der Waals surface area contributed by atoms with Crippen molar-refractivity contribution in [2.45, 2.75) is 44.1 Å². The highest BCUT2D eigenvalue weighted by atomic mass is 16.6. The molecule has 0 spiro atoms.